The van der Waals surface area contributed by atoms with Crippen LogP contribution in [0.5, 0.6) is 0 Å². The lowest BCUT2D eigenvalue weighted by atomic mass is 9.66. The van der Waals surface area contributed by atoms with E-state index in [1.54, 1.807) is 0 Å². The van der Waals surface area contributed by atoms with E-state index in [1.807, 2.05) is 4.90 Å². The van der Waals surface area contributed by atoms with Crippen molar-refractivity contribution in [1.82, 2.24) is 4.90 Å². The molecule has 1 amide bonds. The highest BCUT2D eigenvalue weighted by molar-refractivity contribution is 5.86. The van der Waals surface area contributed by atoms with Crippen molar-refractivity contribution in [2.45, 2.75) is 70.9 Å². The van der Waals surface area contributed by atoms with Crippen molar-refractivity contribution in [3.8, 4) is 0 Å². The molecule has 0 aromatic rings. The quantitative estimate of drug-likeness (QED) is 0.837. The Morgan fingerprint density at radius 1 is 1.33 bits per heavy atom. The molecule has 1 aliphatic heterocycles. The van der Waals surface area contributed by atoms with E-state index in [2.05, 4.69) is 13.8 Å². The Labute approximate surface area is 108 Å². The number of amides is 1. The number of nitrogens with zero attached hydrogens (tertiary/aromatic N) is 1. The van der Waals surface area contributed by atoms with Crippen LogP contribution in [0.1, 0.15) is 58.8 Å². The molecule has 1 aliphatic carbocycles. The van der Waals surface area contributed by atoms with Gasteiger partial charge in [0.15, 0.2) is 0 Å². The van der Waals surface area contributed by atoms with Crippen LogP contribution in [0, 0.1) is 5.41 Å². The van der Waals surface area contributed by atoms with Crippen molar-refractivity contribution >= 4 is 11.9 Å². The van der Waals surface area contributed by atoms with E-state index < -0.39 is 11.4 Å². The fraction of sp³-hybridized carbons (Fsp3) is 0.857. The summed E-state index contributed by atoms with van der Waals surface area (Å²) in [6.45, 7) is 4.17. The van der Waals surface area contributed by atoms with E-state index in [0.717, 1.165) is 25.7 Å². The molecule has 2 aliphatic rings. The predicted octanol–water partition coefficient (Wildman–Crippen LogP) is 2.42. The van der Waals surface area contributed by atoms with Gasteiger partial charge in [-0.2, -0.15) is 0 Å². The molecular weight excluding hydrogens is 230 g/mol. The Bertz CT molecular complexity index is 349. The van der Waals surface area contributed by atoms with E-state index in [0.29, 0.717) is 18.9 Å². The van der Waals surface area contributed by atoms with Gasteiger partial charge in [-0.05, 0) is 39.0 Å². The summed E-state index contributed by atoms with van der Waals surface area (Å²) in [5.41, 5.74) is -0.752. The summed E-state index contributed by atoms with van der Waals surface area (Å²) in [5.74, 6) is -0.740. The Morgan fingerprint density at radius 3 is 2.44 bits per heavy atom. The summed E-state index contributed by atoms with van der Waals surface area (Å²) in [6, 6.07) is 0.590. The lowest BCUT2D eigenvalue weighted by molar-refractivity contribution is -0.160. The molecule has 2 unspecified atom stereocenters. The Balaban J connectivity index is 2.05. The molecular formula is C14H23NO3. The van der Waals surface area contributed by atoms with E-state index in [1.165, 1.54) is 0 Å². The second-order valence-corrected chi connectivity index (χ2v) is 5.91. The summed E-state index contributed by atoms with van der Waals surface area (Å²) >= 11 is 0. The zero-order valence-electron chi connectivity index (χ0n) is 11.3. The molecule has 4 nitrogen and oxygen atoms in total. The third kappa shape index (κ3) is 2.13. The van der Waals surface area contributed by atoms with Crippen molar-refractivity contribution in [2.75, 3.05) is 0 Å². The molecule has 0 spiro atoms. The van der Waals surface area contributed by atoms with Crippen molar-refractivity contribution < 1.29 is 14.7 Å². The van der Waals surface area contributed by atoms with Crippen LogP contribution in [0.3, 0.4) is 0 Å². The Morgan fingerprint density at radius 2 is 2.00 bits per heavy atom. The standard InChI is InChI=1S/C14H23NO3/c1-3-11-6-5-10(2)15(11)12(16)9-14(13(17)18)7-4-8-14/h10-11H,3-9H2,1-2H3,(H,17,18). The van der Waals surface area contributed by atoms with Gasteiger partial charge in [0, 0.05) is 18.5 Å². The highest BCUT2D eigenvalue weighted by Crippen LogP contribution is 2.45. The van der Waals surface area contributed by atoms with Crippen molar-refractivity contribution in [1.29, 1.82) is 0 Å². The lowest BCUT2D eigenvalue weighted by Crippen LogP contribution is -2.46. The third-order valence-corrected chi connectivity index (χ3v) is 4.80. The number of rotatable bonds is 4. The van der Waals surface area contributed by atoms with Gasteiger partial charge in [-0.1, -0.05) is 13.3 Å². The van der Waals surface area contributed by atoms with E-state index in [-0.39, 0.29) is 18.4 Å². The van der Waals surface area contributed by atoms with Gasteiger partial charge >= 0.3 is 5.97 Å². The van der Waals surface area contributed by atoms with Gasteiger partial charge in [-0.3, -0.25) is 9.59 Å². The van der Waals surface area contributed by atoms with Crippen LogP contribution in [0.2, 0.25) is 0 Å². The normalized spacial score (nSPS) is 30.0. The number of carboxylic acid groups (broad SMARTS) is 1. The van der Waals surface area contributed by atoms with Crippen LogP contribution in [-0.4, -0.2) is 34.0 Å². The zero-order chi connectivity index (χ0) is 13.3. The number of aliphatic carboxylic acids is 1. The van der Waals surface area contributed by atoms with Crippen LogP contribution >= 0.6 is 0 Å². The fourth-order valence-electron chi connectivity index (χ4n) is 3.37. The minimum Gasteiger partial charge on any atom is -0.481 e. The highest BCUT2D eigenvalue weighted by Gasteiger charge is 2.48. The Hall–Kier alpha value is -1.06. The molecule has 4 heteroatoms. The maximum Gasteiger partial charge on any atom is 0.310 e. The SMILES string of the molecule is CCC1CCC(C)N1C(=O)CC1(C(=O)O)CCC1. The smallest absolute Gasteiger partial charge is 0.310 e. The second kappa shape index (κ2) is 4.90. The number of carbonyl (C=O) groups is 2. The fourth-order valence-corrected chi connectivity index (χ4v) is 3.37. The van der Waals surface area contributed by atoms with E-state index in [4.69, 9.17) is 0 Å². The molecule has 1 N–H and O–H groups in total. The van der Waals surface area contributed by atoms with Gasteiger partial charge in [0.2, 0.25) is 5.91 Å². The number of likely N-dealkylation sites (tertiary alicyclic amines) is 1. The molecule has 102 valence electrons. The summed E-state index contributed by atoms with van der Waals surface area (Å²) in [5, 5.41) is 9.29. The molecule has 0 aromatic heterocycles. The minimum absolute atomic E-state index is 0.0500. The van der Waals surface area contributed by atoms with E-state index in [9.17, 15) is 14.7 Å². The number of carbonyl (C=O) groups excluding carboxylic acids is 1. The molecule has 18 heavy (non-hydrogen) atoms. The van der Waals surface area contributed by atoms with Gasteiger partial charge in [-0.25, -0.2) is 0 Å². The first-order chi connectivity index (χ1) is 8.50. The monoisotopic (exact) mass is 253 g/mol. The van der Waals surface area contributed by atoms with Gasteiger partial charge in [0.1, 0.15) is 0 Å². The molecule has 2 rings (SSSR count). The first-order valence-electron chi connectivity index (χ1n) is 7.05. The molecule has 0 bridgehead atoms. The number of hydrogen-bond acceptors (Lipinski definition) is 2. The van der Waals surface area contributed by atoms with Crippen LogP contribution in [0.15, 0.2) is 0 Å². The predicted molar refractivity (Wildman–Crippen MR) is 68.2 cm³/mol. The largest absolute Gasteiger partial charge is 0.481 e. The van der Waals surface area contributed by atoms with Crippen molar-refractivity contribution in [2.24, 2.45) is 5.41 Å². The lowest BCUT2D eigenvalue weighted by Gasteiger charge is -2.39. The average Bonchev–Trinajstić information content (AvgIpc) is 2.64. The first kappa shape index (κ1) is 13.4. The summed E-state index contributed by atoms with van der Waals surface area (Å²) in [4.78, 5) is 25.7. The van der Waals surface area contributed by atoms with Crippen LogP contribution in [0.4, 0.5) is 0 Å². The topological polar surface area (TPSA) is 57.6 Å². The Kier molecular flexibility index (Phi) is 3.64. The van der Waals surface area contributed by atoms with Gasteiger partial charge < -0.3 is 10.0 Å². The molecule has 1 saturated carbocycles. The van der Waals surface area contributed by atoms with Gasteiger partial charge in [0.05, 0.1) is 5.41 Å². The summed E-state index contributed by atoms with van der Waals surface area (Å²) in [7, 11) is 0. The van der Waals surface area contributed by atoms with Crippen LogP contribution in [0.25, 0.3) is 0 Å². The van der Waals surface area contributed by atoms with Crippen LogP contribution in [-0.2, 0) is 9.59 Å². The number of carboxylic acids is 1. The minimum atomic E-state index is -0.790. The number of hydrogen-bond donors (Lipinski definition) is 1. The molecule has 2 fully saturated rings. The third-order valence-electron chi connectivity index (χ3n) is 4.80. The summed E-state index contributed by atoms with van der Waals surface area (Å²) in [6.07, 6.45) is 5.53. The maximum atomic E-state index is 12.4. The summed E-state index contributed by atoms with van der Waals surface area (Å²) < 4.78 is 0. The van der Waals surface area contributed by atoms with Crippen molar-refractivity contribution in [3.63, 3.8) is 0 Å². The highest BCUT2D eigenvalue weighted by atomic mass is 16.4. The molecule has 0 radical (unpaired) electrons. The zero-order valence-corrected chi connectivity index (χ0v) is 11.3. The molecule has 1 heterocycles. The molecule has 0 aromatic carbocycles. The average molecular weight is 253 g/mol. The van der Waals surface area contributed by atoms with Crippen LogP contribution < -0.4 is 0 Å². The second-order valence-electron chi connectivity index (χ2n) is 5.91. The molecule has 2 atom stereocenters. The maximum absolute atomic E-state index is 12.4. The molecule has 1 saturated heterocycles. The van der Waals surface area contributed by atoms with Gasteiger partial charge in [-0.15, -0.1) is 0 Å². The van der Waals surface area contributed by atoms with Gasteiger partial charge in [0.25, 0.3) is 0 Å². The first-order valence-corrected chi connectivity index (χ1v) is 7.05. The van der Waals surface area contributed by atoms with E-state index >= 15 is 0 Å². The van der Waals surface area contributed by atoms with Crippen molar-refractivity contribution in [3.05, 3.63) is 0 Å².